The van der Waals surface area contributed by atoms with Crippen LogP contribution in [0.15, 0.2) is 30.3 Å². The SMILES string of the molecule is Cc1cc(-c2[nH]c3ccc(C4CCN(C(=O)C(C)C)CC4)cc3c2C(C)C)cc(C)n1. The first-order valence-corrected chi connectivity index (χ1v) is 11.6. The van der Waals surface area contributed by atoms with Gasteiger partial charge in [-0.1, -0.05) is 33.8 Å². The highest BCUT2D eigenvalue weighted by molar-refractivity contribution is 5.92. The molecule has 1 N–H and O–H groups in total. The second kappa shape index (κ2) is 8.49. The summed E-state index contributed by atoms with van der Waals surface area (Å²) in [5.74, 6) is 1.30. The molecular weight excluding hydrogens is 382 g/mol. The van der Waals surface area contributed by atoms with Crippen LogP contribution in [0.5, 0.6) is 0 Å². The van der Waals surface area contributed by atoms with E-state index >= 15 is 0 Å². The number of hydrogen-bond acceptors (Lipinski definition) is 2. The predicted molar refractivity (Wildman–Crippen MR) is 128 cm³/mol. The number of hydrogen-bond donors (Lipinski definition) is 1. The maximum atomic E-state index is 12.3. The van der Waals surface area contributed by atoms with Crippen molar-refractivity contribution in [3.05, 3.63) is 52.8 Å². The summed E-state index contributed by atoms with van der Waals surface area (Å²) < 4.78 is 0. The largest absolute Gasteiger partial charge is 0.354 e. The number of carbonyl (C=O) groups is 1. The lowest BCUT2D eigenvalue weighted by atomic mass is 9.87. The van der Waals surface area contributed by atoms with Gasteiger partial charge >= 0.3 is 0 Å². The third-order valence-electron chi connectivity index (χ3n) is 6.58. The van der Waals surface area contributed by atoms with Crippen molar-refractivity contribution in [1.82, 2.24) is 14.9 Å². The summed E-state index contributed by atoms with van der Waals surface area (Å²) in [5.41, 5.74) is 8.51. The first kappa shape index (κ1) is 21.6. The van der Waals surface area contributed by atoms with Crippen molar-refractivity contribution < 1.29 is 4.79 Å². The third kappa shape index (κ3) is 4.26. The lowest BCUT2D eigenvalue weighted by molar-refractivity contribution is -0.135. The Morgan fingerprint density at radius 1 is 1.03 bits per heavy atom. The van der Waals surface area contributed by atoms with Crippen molar-refractivity contribution in [3.63, 3.8) is 0 Å². The van der Waals surface area contributed by atoms with Gasteiger partial charge < -0.3 is 9.88 Å². The van der Waals surface area contributed by atoms with E-state index in [4.69, 9.17) is 0 Å². The van der Waals surface area contributed by atoms with E-state index in [2.05, 4.69) is 68.0 Å². The molecule has 164 valence electrons. The fraction of sp³-hybridized carbons (Fsp3) is 0.481. The molecule has 1 aliphatic heterocycles. The third-order valence-corrected chi connectivity index (χ3v) is 6.58. The zero-order valence-corrected chi connectivity index (χ0v) is 19.7. The average Bonchev–Trinajstić information content (AvgIpc) is 3.11. The van der Waals surface area contributed by atoms with Crippen LogP contribution in [0.3, 0.4) is 0 Å². The van der Waals surface area contributed by atoms with Crippen LogP contribution < -0.4 is 0 Å². The zero-order valence-electron chi connectivity index (χ0n) is 19.7. The molecule has 0 bridgehead atoms. The van der Waals surface area contributed by atoms with Gasteiger partial charge in [0.2, 0.25) is 5.91 Å². The maximum Gasteiger partial charge on any atom is 0.225 e. The number of pyridine rings is 1. The molecule has 4 heteroatoms. The molecule has 1 aliphatic rings. The Bertz CT molecular complexity index is 1080. The molecule has 0 saturated carbocycles. The van der Waals surface area contributed by atoms with Gasteiger partial charge in [0.15, 0.2) is 0 Å². The highest BCUT2D eigenvalue weighted by Gasteiger charge is 2.26. The van der Waals surface area contributed by atoms with Crippen molar-refractivity contribution in [1.29, 1.82) is 0 Å². The Morgan fingerprint density at radius 2 is 1.68 bits per heavy atom. The minimum Gasteiger partial charge on any atom is -0.354 e. The van der Waals surface area contributed by atoms with Crippen LogP contribution in [0.4, 0.5) is 0 Å². The number of aromatic nitrogens is 2. The normalized spacial score (nSPS) is 15.4. The van der Waals surface area contributed by atoms with Crippen LogP contribution in [0, 0.1) is 19.8 Å². The van der Waals surface area contributed by atoms with Crippen LogP contribution in [-0.2, 0) is 4.79 Å². The Balaban J connectivity index is 1.68. The Kier molecular flexibility index (Phi) is 5.92. The van der Waals surface area contributed by atoms with Crippen molar-refractivity contribution >= 4 is 16.8 Å². The molecule has 0 atom stereocenters. The number of H-pyrrole nitrogens is 1. The number of aromatic amines is 1. The van der Waals surface area contributed by atoms with Gasteiger partial charge in [0.05, 0.1) is 5.69 Å². The predicted octanol–water partition coefficient (Wildman–Crippen LogP) is 6.33. The summed E-state index contributed by atoms with van der Waals surface area (Å²) in [4.78, 5) is 22.6. The molecule has 1 aromatic carbocycles. The Morgan fingerprint density at radius 3 is 2.26 bits per heavy atom. The second-order valence-electron chi connectivity index (χ2n) is 9.77. The molecule has 1 saturated heterocycles. The molecule has 2 aromatic heterocycles. The van der Waals surface area contributed by atoms with E-state index in [-0.39, 0.29) is 11.8 Å². The zero-order chi connectivity index (χ0) is 22.3. The first-order chi connectivity index (χ1) is 14.7. The Labute approximate surface area is 186 Å². The van der Waals surface area contributed by atoms with Gasteiger partial charge in [-0.3, -0.25) is 9.78 Å². The number of amides is 1. The summed E-state index contributed by atoms with van der Waals surface area (Å²) in [6, 6.07) is 11.3. The van der Waals surface area contributed by atoms with E-state index in [1.807, 2.05) is 18.7 Å². The summed E-state index contributed by atoms with van der Waals surface area (Å²) in [7, 11) is 0. The van der Waals surface area contributed by atoms with Gasteiger partial charge in [-0.05, 0) is 73.9 Å². The van der Waals surface area contributed by atoms with E-state index in [1.165, 1.54) is 33.3 Å². The van der Waals surface area contributed by atoms with Crippen molar-refractivity contribution in [2.75, 3.05) is 13.1 Å². The van der Waals surface area contributed by atoms with Gasteiger partial charge in [0.1, 0.15) is 0 Å². The number of rotatable bonds is 4. The monoisotopic (exact) mass is 417 g/mol. The van der Waals surface area contributed by atoms with E-state index in [0.717, 1.165) is 37.3 Å². The fourth-order valence-corrected chi connectivity index (χ4v) is 5.09. The number of benzene rings is 1. The van der Waals surface area contributed by atoms with Gasteiger partial charge in [-0.2, -0.15) is 0 Å². The highest BCUT2D eigenvalue weighted by Crippen LogP contribution is 2.38. The molecule has 0 spiro atoms. The summed E-state index contributed by atoms with van der Waals surface area (Å²) in [6.07, 6.45) is 2.09. The first-order valence-electron chi connectivity index (χ1n) is 11.6. The van der Waals surface area contributed by atoms with Crippen LogP contribution in [-0.4, -0.2) is 33.9 Å². The smallest absolute Gasteiger partial charge is 0.225 e. The van der Waals surface area contributed by atoms with Crippen LogP contribution in [0.1, 0.15) is 74.9 Å². The Hall–Kier alpha value is -2.62. The molecule has 4 nitrogen and oxygen atoms in total. The maximum absolute atomic E-state index is 12.3. The van der Waals surface area contributed by atoms with Crippen molar-refractivity contribution in [2.45, 2.75) is 66.2 Å². The van der Waals surface area contributed by atoms with Crippen LogP contribution >= 0.6 is 0 Å². The number of nitrogens with one attached hydrogen (secondary N) is 1. The van der Waals surface area contributed by atoms with Crippen molar-refractivity contribution in [2.24, 2.45) is 5.92 Å². The molecule has 4 rings (SSSR count). The van der Waals surface area contributed by atoms with Crippen LogP contribution in [0.2, 0.25) is 0 Å². The molecule has 31 heavy (non-hydrogen) atoms. The fourth-order valence-electron chi connectivity index (χ4n) is 5.09. The number of nitrogens with zero attached hydrogens (tertiary/aromatic N) is 2. The standard InChI is InChI=1S/C27H35N3O/c1-16(2)25-23-15-21(20-9-11-30(12-10-20)27(31)17(3)4)7-8-24(23)29-26(25)22-13-18(5)28-19(6)14-22/h7-8,13-17,20,29H,9-12H2,1-6H3. The number of piperidine rings is 1. The minimum atomic E-state index is 0.0836. The summed E-state index contributed by atoms with van der Waals surface area (Å²) in [5, 5.41) is 1.33. The minimum absolute atomic E-state index is 0.0836. The average molecular weight is 418 g/mol. The summed E-state index contributed by atoms with van der Waals surface area (Å²) >= 11 is 0. The lowest BCUT2D eigenvalue weighted by Crippen LogP contribution is -2.40. The summed E-state index contributed by atoms with van der Waals surface area (Å²) in [6.45, 7) is 14.4. The number of carbonyl (C=O) groups excluding carboxylic acids is 1. The van der Waals surface area contributed by atoms with E-state index in [0.29, 0.717) is 11.8 Å². The number of likely N-dealkylation sites (tertiary alicyclic amines) is 1. The quantitative estimate of drug-likeness (QED) is 0.539. The van der Waals surface area contributed by atoms with Crippen molar-refractivity contribution in [3.8, 4) is 11.3 Å². The molecule has 0 unspecified atom stereocenters. The van der Waals surface area contributed by atoms with E-state index in [1.54, 1.807) is 0 Å². The van der Waals surface area contributed by atoms with Gasteiger partial charge in [0.25, 0.3) is 0 Å². The number of fused-ring (bicyclic) bond motifs is 1. The molecule has 0 aliphatic carbocycles. The molecule has 3 heterocycles. The highest BCUT2D eigenvalue weighted by atomic mass is 16.2. The van der Waals surface area contributed by atoms with Gasteiger partial charge in [-0.15, -0.1) is 0 Å². The molecule has 3 aromatic rings. The topological polar surface area (TPSA) is 49.0 Å². The lowest BCUT2D eigenvalue weighted by Gasteiger charge is -2.33. The van der Waals surface area contributed by atoms with Crippen LogP contribution in [0.25, 0.3) is 22.2 Å². The molecule has 1 amide bonds. The second-order valence-corrected chi connectivity index (χ2v) is 9.77. The van der Waals surface area contributed by atoms with Gasteiger partial charge in [0, 0.05) is 46.9 Å². The number of aryl methyl sites for hydroxylation is 2. The van der Waals surface area contributed by atoms with E-state index in [9.17, 15) is 4.79 Å². The van der Waals surface area contributed by atoms with Gasteiger partial charge in [-0.25, -0.2) is 0 Å². The molecule has 0 radical (unpaired) electrons. The molecule has 1 fully saturated rings. The molecular formula is C27H35N3O. The van der Waals surface area contributed by atoms with E-state index < -0.39 is 0 Å².